The molecular weight excluding hydrogens is 266 g/mol. The van der Waals surface area contributed by atoms with E-state index in [4.69, 9.17) is 10.5 Å². The lowest BCUT2D eigenvalue weighted by Gasteiger charge is -2.06. The largest absolute Gasteiger partial charge is 0.497 e. The molecule has 0 aliphatic carbocycles. The van der Waals surface area contributed by atoms with Crippen LogP contribution in [0.25, 0.3) is 17.1 Å². The zero-order chi connectivity index (χ0) is 14.8. The Morgan fingerprint density at radius 2 is 1.86 bits per heavy atom. The van der Waals surface area contributed by atoms with E-state index in [0.717, 1.165) is 22.7 Å². The minimum Gasteiger partial charge on any atom is -0.497 e. The Kier molecular flexibility index (Phi) is 3.27. The Hall–Kier alpha value is -2.89. The molecule has 3 aromatic rings. The van der Waals surface area contributed by atoms with E-state index in [9.17, 15) is 0 Å². The number of nitrogens with two attached hydrogens (primary N) is 1. The number of methoxy groups -OCH3 is 1. The van der Waals surface area contributed by atoms with Gasteiger partial charge in [-0.05, 0) is 31.2 Å². The van der Waals surface area contributed by atoms with E-state index >= 15 is 0 Å². The first-order valence-corrected chi connectivity index (χ1v) is 6.46. The molecular formula is C15H15N5O. The fraction of sp³-hybridized carbons (Fsp3) is 0.133. The predicted molar refractivity (Wildman–Crippen MR) is 80.3 cm³/mol. The van der Waals surface area contributed by atoms with Crippen molar-refractivity contribution < 1.29 is 4.74 Å². The number of hydrogen-bond acceptors (Lipinski definition) is 5. The van der Waals surface area contributed by atoms with E-state index in [1.165, 1.54) is 6.33 Å². The summed E-state index contributed by atoms with van der Waals surface area (Å²) in [4.78, 5) is 8.52. The summed E-state index contributed by atoms with van der Waals surface area (Å²) in [5.41, 5.74) is 8.54. The highest BCUT2D eigenvalue weighted by molar-refractivity contribution is 5.61. The van der Waals surface area contributed by atoms with Crippen molar-refractivity contribution in [3.05, 3.63) is 48.4 Å². The van der Waals surface area contributed by atoms with Crippen LogP contribution in [0.1, 0.15) is 5.69 Å². The molecule has 3 rings (SSSR count). The Balaban J connectivity index is 2.01. The third-order valence-electron chi connectivity index (χ3n) is 3.11. The monoisotopic (exact) mass is 281 g/mol. The molecule has 2 aromatic heterocycles. The second-order valence-electron chi connectivity index (χ2n) is 4.61. The summed E-state index contributed by atoms with van der Waals surface area (Å²) < 4.78 is 6.75. The van der Waals surface area contributed by atoms with Crippen LogP contribution >= 0.6 is 0 Å². The number of anilines is 1. The quantitative estimate of drug-likeness (QED) is 0.796. The number of hydrogen-bond donors (Lipinski definition) is 1. The summed E-state index contributed by atoms with van der Waals surface area (Å²) in [5, 5.41) is 4.32. The van der Waals surface area contributed by atoms with Gasteiger partial charge in [-0.3, -0.25) is 0 Å². The second-order valence-corrected chi connectivity index (χ2v) is 4.61. The number of benzene rings is 1. The lowest BCUT2D eigenvalue weighted by Crippen LogP contribution is -2.04. The summed E-state index contributed by atoms with van der Waals surface area (Å²) in [6.07, 6.45) is 1.51. The molecule has 0 radical (unpaired) electrons. The van der Waals surface area contributed by atoms with Crippen LogP contribution in [-0.4, -0.2) is 26.9 Å². The third kappa shape index (κ3) is 2.55. The average Bonchev–Trinajstić information content (AvgIpc) is 2.86. The van der Waals surface area contributed by atoms with Crippen LogP contribution in [-0.2, 0) is 0 Å². The number of nitrogen functional groups attached to an aromatic ring is 1. The van der Waals surface area contributed by atoms with Crippen molar-refractivity contribution in [2.75, 3.05) is 12.8 Å². The van der Waals surface area contributed by atoms with Gasteiger partial charge in [0.05, 0.1) is 18.5 Å². The van der Waals surface area contributed by atoms with Crippen molar-refractivity contribution in [3.63, 3.8) is 0 Å². The highest BCUT2D eigenvalue weighted by Gasteiger charge is 2.08. The van der Waals surface area contributed by atoms with E-state index in [-0.39, 0.29) is 0 Å². The van der Waals surface area contributed by atoms with Crippen LogP contribution < -0.4 is 10.5 Å². The maximum atomic E-state index is 5.92. The van der Waals surface area contributed by atoms with Crippen LogP contribution in [0.5, 0.6) is 5.75 Å². The first kappa shape index (κ1) is 13.1. The third-order valence-corrected chi connectivity index (χ3v) is 3.11. The fourth-order valence-corrected chi connectivity index (χ4v) is 2.09. The molecule has 0 unspecified atom stereocenters. The van der Waals surface area contributed by atoms with Crippen molar-refractivity contribution in [1.82, 2.24) is 19.7 Å². The number of rotatable bonds is 3. The van der Waals surface area contributed by atoms with Crippen molar-refractivity contribution in [2.24, 2.45) is 0 Å². The van der Waals surface area contributed by atoms with E-state index < -0.39 is 0 Å². The number of aryl methyl sites for hydroxylation is 1. The highest BCUT2D eigenvalue weighted by atomic mass is 16.5. The van der Waals surface area contributed by atoms with Crippen molar-refractivity contribution >= 4 is 5.82 Å². The van der Waals surface area contributed by atoms with Gasteiger partial charge in [-0.25, -0.2) is 9.97 Å². The average molecular weight is 281 g/mol. The summed E-state index contributed by atoms with van der Waals surface area (Å²) in [6, 6.07) is 11.3. The van der Waals surface area contributed by atoms with Gasteiger partial charge < -0.3 is 10.5 Å². The standard InChI is InChI=1S/C15H15N5O/c1-10-7-14(16)20(19-10)15-8-13(17-9-18-15)11-3-5-12(21-2)6-4-11/h3-9H,16H2,1-2H3. The minimum atomic E-state index is 0.548. The van der Waals surface area contributed by atoms with E-state index in [0.29, 0.717) is 11.6 Å². The van der Waals surface area contributed by atoms with Gasteiger partial charge in [-0.2, -0.15) is 9.78 Å². The van der Waals surface area contributed by atoms with Crippen LogP contribution in [0, 0.1) is 6.92 Å². The molecule has 0 aliphatic heterocycles. The van der Waals surface area contributed by atoms with Crippen LogP contribution in [0.15, 0.2) is 42.7 Å². The maximum absolute atomic E-state index is 5.92. The summed E-state index contributed by atoms with van der Waals surface area (Å²) in [7, 11) is 1.64. The second kappa shape index (κ2) is 5.24. The van der Waals surface area contributed by atoms with Gasteiger partial charge in [-0.15, -0.1) is 0 Å². The molecule has 6 heteroatoms. The molecule has 0 atom stereocenters. The van der Waals surface area contributed by atoms with Crippen LogP contribution in [0.2, 0.25) is 0 Å². The first-order chi connectivity index (χ1) is 10.2. The Bertz CT molecular complexity index is 764. The van der Waals surface area contributed by atoms with Crippen molar-refractivity contribution in [1.29, 1.82) is 0 Å². The van der Waals surface area contributed by atoms with Gasteiger partial charge in [0.15, 0.2) is 5.82 Å². The van der Waals surface area contributed by atoms with E-state index in [1.807, 2.05) is 37.3 Å². The highest BCUT2D eigenvalue weighted by Crippen LogP contribution is 2.22. The smallest absolute Gasteiger partial charge is 0.159 e. The van der Waals surface area contributed by atoms with E-state index in [1.54, 1.807) is 17.9 Å². The van der Waals surface area contributed by atoms with Crippen LogP contribution in [0.3, 0.4) is 0 Å². The Morgan fingerprint density at radius 3 is 2.48 bits per heavy atom. The number of aromatic nitrogens is 4. The lowest BCUT2D eigenvalue weighted by atomic mass is 10.1. The molecule has 2 N–H and O–H groups in total. The topological polar surface area (TPSA) is 78.9 Å². The molecule has 2 heterocycles. The van der Waals surface area contributed by atoms with Gasteiger partial charge in [0.1, 0.15) is 17.9 Å². The Morgan fingerprint density at radius 1 is 1.10 bits per heavy atom. The molecule has 0 fully saturated rings. The number of nitrogens with zero attached hydrogens (tertiary/aromatic N) is 4. The first-order valence-electron chi connectivity index (χ1n) is 6.46. The van der Waals surface area contributed by atoms with Gasteiger partial charge in [-0.1, -0.05) is 0 Å². The molecule has 0 saturated heterocycles. The zero-order valence-electron chi connectivity index (χ0n) is 11.8. The molecule has 21 heavy (non-hydrogen) atoms. The predicted octanol–water partition coefficient (Wildman–Crippen LogP) is 2.23. The molecule has 0 aliphatic rings. The van der Waals surface area contributed by atoms with Gasteiger partial charge >= 0.3 is 0 Å². The SMILES string of the molecule is COc1ccc(-c2cc(-n3nc(C)cc3N)ncn2)cc1. The van der Waals surface area contributed by atoms with Crippen LogP contribution in [0.4, 0.5) is 5.82 Å². The number of ether oxygens (including phenoxy) is 1. The molecule has 0 amide bonds. The molecule has 106 valence electrons. The molecule has 6 nitrogen and oxygen atoms in total. The normalized spacial score (nSPS) is 10.6. The Labute approximate surface area is 122 Å². The van der Waals surface area contributed by atoms with Gasteiger partial charge in [0.2, 0.25) is 0 Å². The van der Waals surface area contributed by atoms with Gasteiger partial charge in [0, 0.05) is 17.7 Å². The maximum Gasteiger partial charge on any atom is 0.159 e. The fourth-order valence-electron chi connectivity index (χ4n) is 2.09. The molecule has 0 spiro atoms. The zero-order valence-corrected chi connectivity index (χ0v) is 11.8. The van der Waals surface area contributed by atoms with Gasteiger partial charge in [0.25, 0.3) is 0 Å². The minimum absolute atomic E-state index is 0.548. The van der Waals surface area contributed by atoms with Crippen molar-refractivity contribution in [2.45, 2.75) is 6.92 Å². The molecule has 0 saturated carbocycles. The summed E-state index contributed by atoms with van der Waals surface area (Å²) in [5.74, 6) is 1.99. The van der Waals surface area contributed by atoms with Crippen molar-refractivity contribution in [3.8, 4) is 22.8 Å². The lowest BCUT2D eigenvalue weighted by molar-refractivity contribution is 0.415. The summed E-state index contributed by atoms with van der Waals surface area (Å²) in [6.45, 7) is 1.89. The summed E-state index contributed by atoms with van der Waals surface area (Å²) >= 11 is 0. The molecule has 0 bridgehead atoms. The molecule has 1 aromatic carbocycles. The van der Waals surface area contributed by atoms with E-state index in [2.05, 4.69) is 15.1 Å².